The molecule has 0 amide bonds. The number of nitrogens with two attached hydrogens (primary N) is 1. The van der Waals surface area contributed by atoms with Crippen molar-refractivity contribution in [2.45, 2.75) is 0 Å². The van der Waals surface area contributed by atoms with E-state index in [9.17, 15) is 10.1 Å². The SMILES string of the molecule is COc1cc(N2CCN(C)CC2)ccc1N.COc1cc(N2CCN(C)CC2)ccc1[N+](=O)[O-].[CH3-].[Pd]. The second-order valence-electron chi connectivity index (χ2n) is 8.62. The zero-order valence-electron chi connectivity index (χ0n) is 21.9. The molecule has 2 N–H and O–H groups in total. The third kappa shape index (κ3) is 8.24. The maximum absolute atomic E-state index is 10.8. The van der Waals surface area contributed by atoms with Gasteiger partial charge in [-0.15, -0.1) is 0 Å². The second-order valence-corrected chi connectivity index (χ2v) is 8.62. The van der Waals surface area contributed by atoms with Crippen molar-refractivity contribution in [3.05, 3.63) is 53.9 Å². The van der Waals surface area contributed by atoms with Crippen LogP contribution in [0.4, 0.5) is 22.7 Å². The van der Waals surface area contributed by atoms with Crippen LogP contribution in [0.25, 0.3) is 0 Å². The Labute approximate surface area is 228 Å². The predicted octanol–water partition coefficient (Wildman–Crippen LogP) is 2.83. The molecule has 2 saturated heterocycles. The molecule has 11 heteroatoms. The fourth-order valence-corrected chi connectivity index (χ4v) is 4.04. The monoisotopic (exact) mass is 593 g/mol. The minimum Gasteiger partial charge on any atom is -0.495 e. The molecule has 0 aliphatic carbocycles. The summed E-state index contributed by atoms with van der Waals surface area (Å²) >= 11 is 0. The molecule has 0 saturated carbocycles. The van der Waals surface area contributed by atoms with E-state index in [-0.39, 0.29) is 33.5 Å². The number of piperazine rings is 2. The van der Waals surface area contributed by atoms with Gasteiger partial charge in [-0.25, -0.2) is 0 Å². The molecule has 0 radical (unpaired) electrons. The Morgan fingerprint density at radius 3 is 1.61 bits per heavy atom. The van der Waals surface area contributed by atoms with E-state index in [2.05, 4.69) is 39.8 Å². The summed E-state index contributed by atoms with van der Waals surface area (Å²) in [6.45, 7) is 8.18. The largest absolute Gasteiger partial charge is 0.495 e. The van der Waals surface area contributed by atoms with Crippen LogP contribution in [0.3, 0.4) is 0 Å². The first-order valence-electron chi connectivity index (χ1n) is 11.4. The van der Waals surface area contributed by atoms with E-state index in [4.69, 9.17) is 15.2 Å². The van der Waals surface area contributed by atoms with Crippen LogP contribution in [0.2, 0.25) is 0 Å². The van der Waals surface area contributed by atoms with Crippen molar-refractivity contribution in [2.75, 3.05) is 96.2 Å². The van der Waals surface area contributed by atoms with E-state index in [1.165, 1.54) is 18.9 Å². The smallest absolute Gasteiger partial charge is 0.311 e. The number of hydrogen-bond donors (Lipinski definition) is 1. The summed E-state index contributed by atoms with van der Waals surface area (Å²) in [5.74, 6) is 1.08. The van der Waals surface area contributed by atoms with E-state index in [0.717, 1.165) is 63.8 Å². The van der Waals surface area contributed by atoms with Gasteiger partial charge in [-0.2, -0.15) is 0 Å². The Kier molecular flexibility index (Phi) is 13.0. The van der Waals surface area contributed by atoms with E-state index >= 15 is 0 Å². The van der Waals surface area contributed by atoms with Crippen LogP contribution < -0.4 is 25.0 Å². The molecule has 204 valence electrons. The standard InChI is InChI=1S/C12H17N3O3.C12H19N3O.CH3.Pd/c1-13-5-7-14(8-6-13)10-3-4-11(15(16)17)12(9-10)18-2;1-14-5-7-15(8-6-14)10-3-4-11(13)12(9-10)16-2;;/h3-4,9H,5-8H2,1-2H3;3-4,9H,5-8,13H2,1-2H3;1H3;/q;;-1;. The number of anilines is 3. The number of nitro benzene ring substituents is 1. The number of benzene rings is 2. The molecule has 10 nitrogen and oxygen atoms in total. The van der Waals surface area contributed by atoms with Crippen LogP contribution in [0.5, 0.6) is 11.5 Å². The van der Waals surface area contributed by atoms with Crippen molar-refractivity contribution < 1.29 is 34.8 Å². The summed E-state index contributed by atoms with van der Waals surface area (Å²) in [5, 5.41) is 10.8. The molecule has 0 spiro atoms. The van der Waals surface area contributed by atoms with Gasteiger partial charge in [-0.1, -0.05) is 0 Å². The summed E-state index contributed by atoms with van der Waals surface area (Å²) < 4.78 is 10.3. The van der Waals surface area contributed by atoms with Crippen molar-refractivity contribution in [1.82, 2.24) is 9.80 Å². The Morgan fingerprint density at radius 1 is 0.778 bits per heavy atom. The zero-order chi connectivity index (χ0) is 24.7. The first-order valence-corrected chi connectivity index (χ1v) is 11.4. The van der Waals surface area contributed by atoms with Crippen LogP contribution in [0.15, 0.2) is 36.4 Å². The van der Waals surface area contributed by atoms with E-state index in [0.29, 0.717) is 11.4 Å². The molecule has 0 aromatic heterocycles. The number of hydrogen-bond acceptors (Lipinski definition) is 9. The molecular formula is C25H39N6O4Pd-. The minimum absolute atomic E-state index is 0. The van der Waals surface area contributed by atoms with Crippen molar-refractivity contribution in [3.8, 4) is 11.5 Å². The number of nitrogen functional groups attached to an aromatic ring is 1. The summed E-state index contributed by atoms with van der Waals surface area (Å²) in [5.41, 5.74) is 8.68. The predicted molar refractivity (Wildman–Crippen MR) is 143 cm³/mol. The molecule has 2 aromatic rings. The fraction of sp³-hybridized carbons (Fsp3) is 0.480. The van der Waals surface area contributed by atoms with Gasteiger partial charge in [0.25, 0.3) is 0 Å². The van der Waals surface area contributed by atoms with E-state index < -0.39 is 4.92 Å². The molecule has 0 atom stereocenters. The Hall–Kier alpha value is -2.58. The maximum atomic E-state index is 10.8. The van der Waals surface area contributed by atoms with Gasteiger partial charge in [0.05, 0.1) is 24.8 Å². The summed E-state index contributed by atoms with van der Waals surface area (Å²) in [7, 11) is 7.35. The van der Waals surface area contributed by atoms with E-state index in [1.54, 1.807) is 19.2 Å². The first-order chi connectivity index (χ1) is 16.3. The molecule has 0 unspecified atom stereocenters. The summed E-state index contributed by atoms with van der Waals surface area (Å²) in [6.07, 6.45) is 0. The molecule has 2 aromatic carbocycles. The number of methoxy groups -OCH3 is 2. The van der Waals surface area contributed by atoms with Gasteiger partial charge in [0, 0.05) is 102 Å². The Morgan fingerprint density at radius 2 is 1.19 bits per heavy atom. The topological polar surface area (TPSA) is 101 Å². The average molecular weight is 594 g/mol. The number of ether oxygens (including phenoxy) is 2. The molecule has 4 rings (SSSR count). The van der Waals surface area contributed by atoms with Gasteiger partial charge in [0.1, 0.15) is 5.75 Å². The van der Waals surface area contributed by atoms with Gasteiger partial charge in [-0.05, 0) is 32.3 Å². The normalized spacial score (nSPS) is 16.1. The first kappa shape index (κ1) is 31.5. The second kappa shape index (κ2) is 14.9. The van der Waals surface area contributed by atoms with Crippen molar-refractivity contribution in [3.63, 3.8) is 0 Å². The van der Waals surface area contributed by atoms with Gasteiger partial charge in [-0.3, -0.25) is 10.1 Å². The molecule has 2 aliphatic rings. The third-order valence-electron chi connectivity index (χ3n) is 6.31. The Bertz CT molecular complexity index is 964. The number of rotatable bonds is 5. The minimum atomic E-state index is -0.424. The molecule has 36 heavy (non-hydrogen) atoms. The van der Waals surface area contributed by atoms with Crippen LogP contribution >= 0.6 is 0 Å². The summed E-state index contributed by atoms with van der Waals surface area (Å²) in [4.78, 5) is 19.6. The molecule has 2 fully saturated rings. The Balaban J connectivity index is 0.000000343. The number of nitro groups is 1. The third-order valence-corrected chi connectivity index (χ3v) is 6.31. The quantitative estimate of drug-likeness (QED) is 0.184. The van der Waals surface area contributed by atoms with Crippen LogP contribution in [0.1, 0.15) is 0 Å². The maximum Gasteiger partial charge on any atom is 0.311 e. The number of nitrogens with zero attached hydrogens (tertiary/aromatic N) is 5. The van der Waals surface area contributed by atoms with E-state index in [1.807, 2.05) is 12.1 Å². The number of likely N-dealkylation sites (N-methyl/N-ethyl adjacent to an activating group) is 2. The molecule has 0 bridgehead atoms. The van der Waals surface area contributed by atoms with Crippen molar-refractivity contribution >= 4 is 22.7 Å². The van der Waals surface area contributed by atoms with Gasteiger partial charge < -0.3 is 42.2 Å². The van der Waals surface area contributed by atoms with Gasteiger partial charge in [0.15, 0.2) is 5.75 Å². The van der Waals surface area contributed by atoms with Crippen LogP contribution in [-0.4, -0.2) is 95.4 Å². The van der Waals surface area contributed by atoms with Crippen LogP contribution in [0, 0.1) is 17.5 Å². The van der Waals surface area contributed by atoms with Gasteiger partial charge >= 0.3 is 5.69 Å². The summed E-state index contributed by atoms with van der Waals surface area (Å²) in [6, 6.07) is 11.0. The van der Waals surface area contributed by atoms with Crippen LogP contribution in [-0.2, 0) is 20.4 Å². The molecular weight excluding hydrogens is 555 g/mol. The zero-order valence-corrected chi connectivity index (χ0v) is 23.4. The fourth-order valence-electron chi connectivity index (χ4n) is 4.04. The molecule has 2 heterocycles. The van der Waals surface area contributed by atoms with Gasteiger partial charge in [0.2, 0.25) is 0 Å². The van der Waals surface area contributed by atoms with Crippen molar-refractivity contribution in [2.24, 2.45) is 0 Å². The van der Waals surface area contributed by atoms with Crippen molar-refractivity contribution in [1.29, 1.82) is 0 Å². The average Bonchev–Trinajstić information content (AvgIpc) is 2.85. The molecule has 2 aliphatic heterocycles.